The third-order valence-electron chi connectivity index (χ3n) is 3.36. The van der Waals surface area contributed by atoms with Gasteiger partial charge >= 0.3 is 0 Å². The number of nitrogens with zero attached hydrogens (tertiary/aromatic N) is 1. The molecule has 1 fully saturated rings. The Bertz CT molecular complexity index is 588. The highest BCUT2D eigenvalue weighted by atomic mass is 32.2. The van der Waals surface area contributed by atoms with Gasteiger partial charge in [0.1, 0.15) is 0 Å². The Kier molecular flexibility index (Phi) is 3.69. The van der Waals surface area contributed by atoms with E-state index in [1.807, 2.05) is 30.3 Å². The van der Waals surface area contributed by atoms with Gasteiger partial charge in [0.15, 0.2) is 0 Å². The first-order valence-corrected chi connectivity index (χ1v) is 7.66. The maximum Gasteiger partial charge on any atom is 0.237 e. The summed E-state index contributed by atoms with van der Waals surface area (Å²) < 4.78 is 0. The Balaban J connectivity index is 1.82. The summed E-state index contributed by atoms with van der Waals surface area (Å²) in [5.74, 6) is 1.20. The Morgan fingerprint density at radius 3 is 3.00 bits per heavy atom. The molecule has 0 radical (unpaired) electrons. The zero-order valence-corrected chi connectivity index (χ0v) is 11.5. The second kappa shape index (κ2) is 5.61. The van der Waals surface area contributed by atoms with Gasteiger partial charge in [-0.2, -0.15) is 0 Å². The molecule has 2 heterocycles. The lowest BCUT2D eigenvalue weighted by molar-refractivity contribution is -0.115. The van der Waals surface area contributed by atoms with Gasteiger partial charge in [-0.05, 0) is 30.7 Å². The monoisotopic (exact) mass is 272 g/mol. The molecule has 1 N–H and O–H groups in total. The van der Waals surface area contributed by atoms with Gasteiger partial charge in [-0.1, -0.05) is 24.6 Å². The van der Waals surface area contributed by atoms with Crippen molar-refractivity contribution < 1.29 is 4.79 Å². The van der Waals surface area contributed by atoms with Gasteiger partial charge in [0, 0.05) is 11.6 Å². The zero-order chi connectivity index (χ0) is 13.1. The van der Waals surface area contributed by atoms with Crippen molar-refractivity contribution in [1.82, 2.24) is 4.98 Å². The van der Waals surface area contributed by atoms with Crippen LogP contribution in [0, 0.1) is 0 Å². The number of fused-ring (bicyclic) bond motifs is 1. The summed E-state index contributed by atoms with van der Waals surface area (Å²) in [6.07, 6.45) is 5.12. The Morgan fingerprint density at radius 1 is 1.26 bits per heavy atom. The molecule has 2 aromatic rings. The average Bonchev–Trinajstić information content (AvgIpc) is 2.48. The average molecular weight is 272 g/mol. The van der Waals surface area contributed by atoms with Crippen LogP contribution in [0.15, 0.2) is 36.5 Å². The third kappa shape index (κ3) is 2.73. The number of para-hydroxylation sites is 1. The lowest BCUT2D eigenvalue weighted by atomic mass is 10.1. The first-order valence-electron chi connectivity index (χ1n) is 6.61. The minimum Gasteiger partial charge on any atom is -0.323 e. The van der Waals surface area contributed by atoms with Gasteiger partial charge < -0.3 is 5.32 Å². The molecular formula is C15H16N2OS. The molecule has 1 saturated heterocycles. The van der Waals surface area contributed by atoms with Gasteiger partial charge in [-0.25, -0.2) is 0 Å². The summed E-state index contributed by atoms with van der Waals surface area (Å²) in [4.78, 5) is 16.6. The van der Waals surface area contributed by atoms with Gasteiger partial charge in [-0.3, -0.25) is 9.78 Å². The normalized spacial score (nSPS) is 19.3. The number of thioether (sulfide) groups is 1. The fourth-order valence-electron chi connectivity index (χ4n) is 2.37. The SMILES string of the molecule is O=C(Nc1cccc2cccnc12)C1CCCCS1. The molecule has 1 amide bonds. The van der Waals surface area contributed by atoms with E-state index in [0.717, 1.165) is 35.2 Å². The number of carbonyl (C=O) groups is 1. The van der Waals surface area contributed by atoms with Crippen molar-refractivity contribution in [3.8, 4) is 0 Å². The van der Waals surface area contributed by atoms with Crippen molar-refractivity contribution in [2.45, 2.75) is 24.5 Å². The number of hydrogen-bond donors (Lipinski definition) is 1. The molecule has 1 aromatic carbocycles. The number of pyridine rings is 1. The predicted octanol–water partition coefficient (Wildman–Crippen LogP) is 3.46. The summed E-state index contributed by atoms with van der Waals surface area (Å²) in [6, 6.07) is 9.79. The lowest BCUT2D eigenvalue weighted by Gasteiger charge is -2.20. The summed E-state index contributed by atoms with van der Waals surface area (Å²) in [5, 5.41) is 4.18. The van der Waals surface area contributed by atoms with Gasteiger partial charge in [0.2, 0.25) is 5.91 Å². The van der Waals surface area contributed by atoms with Crippen LogP contribution in [-0.4, -0.2) is 21.9 Å². The van der Waals surface area contributed by atoms with Crippen LogP contribution >= 0.6 is 11.8 Å². The smallest absolute Gasteiger partial charge is 0.237 e. The number of benzene rings is 1. The van der Waals surface area contributed by atoms with Crippen molar-refractivity contribution in [2.75, 3.05) is 11.1 Å². The summed E-state index contributed by atoms with van der Waals surface area (Å²) in [6.45, 7) is 0. The molecule has 0 bridgehead atoms. The highest BCUT2D eigenvalue weighted by Gasteiger charge is 2.22. The number of aromatic nitrogens is 1. The molecule has 0 spiro atoms. The number of hydrogen-bond acceptors (Lipinski definition) is 3. The van der Waals surface area contributed by atoms with Crippen LogP contribution in [0.3, 0.4) is 0 Å². The highest BCUT2D eigenvalue weighted by molar-refractivity contribution is 8.00. The molecular weight excluding hydrogens is 256 g/mol. The van der Waals surface area contributed by atoms with E-state index >= 15 is 0 Å². The largest absolute Gasteiger partial charge is 0.323 e. The predicted molar refractivity (Wildman–Crippen MR) is 80.5 cm³/mol. The van der Waals surface area contributed by atoms with Crippen LogP contribution in [0.4, 0.5) is 5.69 Å². The fourth-order valence-corrected chi connectivity index (χ4v) is 3.56. The van der Waals surface area contributed by atoms with E-state index in [4.69, 9.17) is 0 Å². The van der Waals surface area contributed by atoms with Crippen molar-refractivity contribution in [3.05, 3.63) is 36.5 Å². The number of carbonyl (C=O) groups excluding carboxylic acids is 1. The van der Waals surface area contributed by atoms with E-state index < -0.39 is 0 Å². The van der Waals surface area contributed by atoms with Crippen molar-refractivity contribution in [1.29, 1.82) is 0 Å². The van der Waals surface area contributed by atoms with E-state index in [0.29, 0.717) is 0 Å². The molecule has 1 unspecified atom stereocenters. The number of nitrogens with one attached hydrogen (secondary N) is 1. The standard InChI is InChI=1S/C15H16N2OS/c18-15(13-8-1-2-10-19-13)17-12-7-3-5-11-6-4-9-16-14(11)12/h3-7,9,13H,1-2,8,10H2,(H,17,18). The molecule has 1 aromatic heterocycles. The minimum atomic E-state index is 0.0905. The molecule has 1 aliphatic heterocycles. The van der Waals surface area contributed by atoms with E-state index in [9.17, 15) is 4.79 Å². The first kappa shape index (κ1) is 12.5. The summed E-state index contributed by atoms with van der Waals surface area (Å²) in [5.41, 5.74) is 1.67. The molecule has 98 valence electrons. The highest BCUT2D eigenvalue weighted by Crippen LogP contribution is 2.27. The topological polar surface area (TPSA) is 42.0 Å². The number of rotatable bonds is 2. The van der Waals surface area contributed by atoms with Crippen LogP contribution in [-0.2, 0) is 4.79 Å². The van der Waals surface area contributed by atoms with Crippen LogP contribution in [0.5, 0.6) is 0 Å². The Labute approximate surface area is 116 Å². The molecule has 0 aliphatic carbocycles. The number of amides is 1. The van der Waals surface area contributed by atoms with E-state index in [1.54, 1.807) is 18.0 Å². The van der Waals surface area contributed by atoms with Crippen LogP contribution in [0.25, 0.3) is 10.9 Å². The summed E-state index contributed by atoms with van der Waals surface area (Å²) >= 11 is 1.76. The molecule has 3 nitrogen and oxygen atoms in total. The van der Waals surface area contributed by atoms with E-state index in [-0.39, 0.29) is 11.2 Å². The van der Waals surface area contributed by atoms with Crippen LogP contribution in [0.2, 0.25) is 0 Å². The van der Waals surface area contributed by atoms with Crippen LogP contribution < -0.4 is 5.32 Å². The van der Waals surface area contributed by atoms with E-state index in [2.05, 4.69) is 10.3 Å². The zero-order valence-electron chi connectivity index (χ0n) is 10.6. The van der Waals surface area contributed by atoms with Crippen LogP contribution in [0.1, 0.15) is 19.3 Å². The molecule has 19 heavy (non-hydrogen) atoms. The maximum atomic E-state index is 12.3. The molecule has 1 aliphatic rings. The molecule has 1 atom stereocenters. The van der Waals surface area contributed by atoms with Gasteiger partial charge in [-0.15, -0.1) is 11.8 Å². The first-order chi connectivity index (χ1) is 9.34. The van der Waals surface area contributed by atoms with Crippen molar-refractivity contribution in [3.63, 3.8) is 0 Å². The van der Waals surface area contributed by atoms with Crippen molar-refractivity contribution >= 4 is 34.3 Å². The second-order valence-electron chi connectivity index (χ2n) is 4.73. The Morgan fingerprint density at radius 2 is 2.16 bits per heavy atom. The van der Waals surface area contributed by atoms with E-state index in [1.165, 1.54) is 6.42 Å². The third-order valence-corrected chi connectivity index (χ3v) is 4.74. The fraction of sp³-hybridized carbons (Fsp3) is 0.333. The minimum absolute atomic E-state index is 0.0905. The van der Waals surface area contributed by atoms with Gasteiger partial charge in [0.05, 0.1) is 16.5 Å². The quantitative estimate of drug-likeness (QED) is 0.910. The van der Waals surface area contributed by atoms with Gasteiger partial charge in [0.25, 0.3) is 0 Å². The molecule has 3 rings (SSSR count). The number of anilines is 1. The molecule has 4 heteroatoms. The summed E-state index contributed by atoms with van der Waals surface area (Å²) in [7, 11) is 0. The van der Waals surface area contributed by atoms with Crippen molar-refractivity contribution in [2.24, 2.45) is 0 Å². The molecule has 0 saturated carbocycles. The Hall–Kier alpha value is -1.55. The lowest BCUT2D eigenvalue weighted by Crippen LogP contribution is -2.27. The second-order valence-corrected chi connectivity index (χ2v) is 6.04. The maximum absolute atomic E-state index is 12.3.